The minimum Gasteiger partial charge on any atom is -0.0908 e. The molecular weight excluding hydrogens is 384 g/mol. The van der Waals surface area contributed by atoms with Crippen LogP contribution in [0.2, 0.25) is 0 Å². The summed E-state index contributed by atoms with van der Waals surface area (Å²) >= 11 is 0. The molecule has 0 nitrogen and oxygen atoms in total. The van der Waals surface area contributed by atoms with E-state index in [-0.39, 0.29) is 0 Å². The second-order valence-corrected chi connectivity index (χ2v) is 9.30. The zero-order valence-corrected chi connectivity index (χ0v) is 19.3. The SMILES string of the molecule is C=C(C1=CC=C(c2ccccc2)C1)C1=C(C)C(Cc2ccc(C)cc2)c2ccc(C)cc21. The Morgan fingerprint density at radius 3 is 2.31 bits per heavy atom. The van der Waals surface area contributed by atoms with Gasteiger partial charge in [0.15, 0.2) is 0 Å². The molecular formula is C32H30. The Bertz CT molecular complexity index is 1280. The van der Waals surface area contributed by atoms with Crippen molar-refractivity contribution in [1.82, 2.24) is 0 Å². The van der Waals surface area contributed by atoms with Gasteiger partial charge in [0.1, 0.15) is 0 Å². The molecule has 0 spiro atoms. The quantitative estimate of drug-likeness (QED) is 0.393. The molecule has 0 heteroatoms. The molecule has 2 aliphatic rings. The van der Waals surface area contributed by atoms with E-state index in [1.54, 1.807) is 0 Å². The van der Waals surface area contributed by atoms with Crippen molar-refractivity contribution < 1.29 is 0 Å². The number of hydrogen-bond acceptors (Lipinski definition) is 0. The third-order valence-electron chi connectivity index (χ3n) is 7.03. The van der Waals surface area contributed by atoms with Crippen molar-refractivity contribution >= 4 is 11.1 Å². The van der Waals surface area contributed by atoms with Gasteiger partial charge < -0.3 is 0 Å². The van der Waals surface area contributed by atoms with E-state index in [1.807, 2.05) is 0 Å². The molecule has 1 unspecified atom stereocenters. The Hall–Kier alpha value is -3.38. The highest BCUT2D eigenvalue weighted by atomic mass is 14.3. The van der Waals surface area contributed by atoms with Crippen molar-refractivity contribution in [3.05, 3.63) is 142 Å². The lowest BCUT2D eigenvalue weighted by Crippen LogP contribution is -2.02. The maximum atomic E-state index is 4.62. The van der Waals surface area contributed by atoms with Gasteiger partial charge in [-0.1, -0.05) is 108 Å². The summed E-state index contributed by atoms with van der Waals surface area (Å²) in [6.45, 7) is 11.3. The predicted molar refractivity (Wildman–Crippen MR) is 138 cm³/mol. The van der Waals surface area contributed by atoms with Gasteiger partial charge in [0, 0.05) is 5.92 Å². The van der Waals surface area contributed by atoms with E-state index < -0.39 is 0 Å². The molecule has 5 rings (SSSR count). The fraction of sp³-hybridized carbons (Fsp3) is 0.188. The van der Waals surface area contributed by atoms with Gasteiger partial charge in [-0.05, 0) is 78.2 Å². The summed E-state index contributed by atoms with van der Waals surface area (Å²) in [7, 11) is 0. The average Bonchev–Trinajstić information content (AvgIpc) is 3.39. The summed E-state index contributed by atoms with van der Waals surface area (Å²) in [6, 6.07) is 26.6. The first kappa shape index (κ1) is 20.5. The van der Waals surface area contributed by atoms with Crippen LogP contribution in [-0.4, -0.2) is 0 Å². The lowest BCUT2D eigenvalue weighted by atomic mass is 9.89. The van der Waals surface area contributed by atoms with E-state index >= 15 is 0 Å². The Morgan fingerprint density at radius 2 is 1.56 bits per heavy atom. The van der Waals surface area contributed by atoms with Gasteiger partial charge in [-0.15, -0.1) is 0 Å². The van der Waals surface area contributed by atoms with Crippen LogP contribution in [0.25, 0.3) is 11.1 Å². The number of fused-ring (bicyclic) bond motifs is 1. The molecule has 3 aromatic carbocycles. The zero-order chi connectivity index (χ0) is 22.2. The van der Waals surface area contributed by atoms with Crippen LogP contribution in [0.3, 0.4) is 0 Å². The van der Waals surface area contributed by atoms with Gasteiger partial charge in [-0.2, -0.15) is 0 Å². The molecule has 0 radical (unpaired) electrons. The molecule has 0 N–H and O–H groups in total. The normalized spacial score (nSPS) is 17.3. The molecule has 0 bridgehead atoms. The predicted octanol–water partition coefficient (Wildman–Crippen LogP) is 8.39. The molecule has 3 aromatic rings. The van der Waals surface area contributed by atoms with Crippen molar-refractivity contribution in [2.24, 2.45) is 0 Å². The molecule has 0 fully saturated rings. The minimum absolute atomic E-state index is 0.406. The smallest absolute Gasteiger partial charge is 0.0101 e. The molecule has 0 amide bonds. The highest BCUT2D eigenvalue weighted by molar-refractivity contribution is 5.92. The molecule has 158 valence electrons. The van der Waals surface area contributed by atoms with Crippen molar-refractivity contribution in [2.45, 2.75) is 39.5 Å². The van der Waals surface area contributed by atoms with E-state index in [2.05, 4.69) is 112 Å². The molecule has 0 saturated carbocycles. The second kappa shape index (κ2) is 8.28. The monoisotopic (exact) mass is 414 g/mol. The fourth-order valence-electron chi connectivity index (χ4n) is 5.18. The van der Waals surface area contributed by atoms with Crippen molar-refractivity contribution in [3.8, 4) is 0 Å². The average molecular weight is 415 g/mol. The minimum atomic E-state index is 0.406. The van der Waals surface area contributed by atoms with E-state index in [0.29, 0.717) is 5.92 Å². The van der Waals surface area contributed by atoms with E-state index in [4.69, 9.17) is 0 Å². The summed E-state index contributed by atoms with van der Waals surface area (Å²) in [6.07, 6.45) is 6.52. The van der Waals surface area contributed by atoms with Gasteiger partial charge in [-0.3, -0.25) is 0 Å². The number of benzene rings is 3. The van der Waals surface area contributed by atoms with Crippen molar-refractivity contribution in [3.63, 3.8) is 0 Å². The van der Waals surface area contributed by atoms with Crippen molar-refractivity contribution in [1.29, 1.82) is 0 Å². The Labute approximate surface area is 192 Å². The van der Waals surface area contributed by atoms with Gasteiger partial charge >= 0.3 is 0 Å². The first-order valence-corrected chi connectivity index (χ1v) is 11.5. The van der Waals surface area contributed by atoms with Crippen molar-refractivity contribution in [2.75, 3.05) is 0 Å². The van der Waals surface area contributed by atoms with Gasteiger partial charge in [0.2, 0.25) is 0 Å². The molecule has 32 heavy (non-hydrogen) atoms. The first-order valence-electron chi connectivity index (χ1n) is 11.5. The molecule has 1 atom stereocenters. The van der Waals surface area contributed by atoms with Crippen LogP contribution >= 0.6 is 0 Å². The van der Waals surface area contributed by atoms with E-state index in [0.717, 1.165) is 12.8 Å². The molecule has 2 aliphatic carbocycles. The van der Waals surface area contributed by atoms with Crippen LogP contribution < -0.4 is 0 Å². The zero-order valence-electron chi connectivity index (χ0n) is 19.3. The summed E-state index contributed by atoms with van der Waals surface area (Å²) in [5.41, 5.74) is 14.8. The lowest BCUT2D eigenvalue weighted by molar-refractivity contribution is 0.802. The van der Waals surface area contributed by atoms with Gasteiger partial charge in [0.25, 0.3) is 0 Å². The van der Waals surface area contributed by atoms with Crippen LogP contribution in [0.5, 0.6) is 0 Å². The maximum Gasteiger partial charge on any atom is 0.0101 e. The fourth-order valence-corrected chi connectivity index (χ4v) is 5.18. The third kappa shape index (κ3) is 3.71. The number of allylic oxidation sites excluding steroid dienone is 7. The molecule has 0 heterocycles. The topological polar surface area (TPSA) is 0 Å². The lowest BCUT2D eigenvalue weighted by Gasteiger charge is -2.15. The first-order chi connectivity index (χ1) is 15.5. The van der Waals surface area contributed by atoms with Crippen LogP contribution in [0, 0.1) is 13.8 Å². The summed E-state index contributed by atoms with van der Waals surface area (Å²) in [5, 5.41) is 0. The number of rotatable bonds is 5. The van der Waals surface area contributed by atoms with E-state index in [1.165, 1.54) is 61.2 Å². The Balaban J connectivity index is 1.47. The number of hydrogen-bond donors (Lipinski definition) is 0. The Kier molecular flexibility index (Phi) is 5.31. The summed E-state index contributed by atoms with van der Waals surface area (Å²) < 4.78 is 0. The summed E-state index contributed by atoms with van der Waals surface area (Å²) in [5.74, 6) is 0.406. The third-order valence-corrected chi connectivity index (χ3v) is 7.03. The van der Waals surface area contributed by atoms with Crippen LogP contribution in [0.1, 0.15) is 52.6 Å². The van der Waals surface area contributed by atoms with E-state index in [9.17, 15) is 0 Å². The van der Waals surface area contributed by atoms with Crippen LogP contribution in [-0.2, 0) is 6.42 Å². The largest absolute Gasteiger partial charge is 0.0908 e. The maximum absolute atomic E-state index is 4.62. The summed E-state index contributed by atoms with van der Waals surface area (Å²) in [4.78, 5) is 0. The van der Waals surface area contributed by atoms with Crippen LogP contribution in [0.15, 0.2) is 108 Å². The highest BCUT2D eigenvalue weighted by Crippen LogP contribution is 2.49. The molecule has 0 aromatic heterocycles. The number of aryl methyl sites for hydroxylation is 2. The van der Waals surface area contributed by atoms with Gasteiger partial charge in [0.05, 0.1) is 0 Å². The highest BCUT2D eigenvalue weighted by Gasteiger charge is 2.31. The Morgan fingerprint density at radius 1 is 0.844 bits per heavy atom. The molecule has 0 saturated heterocycles. The van der Waals surface area contributed by atoms with Crippen LogP contribution in [0.4, 0.5) is 0 Å². The standard InChI is InChI=1S/C32H30/c1-21-10-13-25(14-11-21)19-30-24(4)32(31-18-22(2)12-17-29(30)31)23(3)27-15-16-28(20-27)26-8-6-5-7-9-26/h5-18,30H,3,19-20H2,1-2,4H3. The van der Waals surface area contributed by atoms with Gasteiger partial charge in [-0.25, -0.2) is 0 Å². The molecule has 0 aliphatic heterocycles. The second-order valence-electron chi connectivity index (χ2n) is 9.30.